The number of aromatic nitrogens is 3. The Kier molecular flexibility index (Phi) is 3.01. The molecule has 2 aromatic rings. The maximum Gasteiger partial charge on any atom is 0.141 e. The monoisotopic (exact) mass is 299 g/mol. The van der Waals surface area contributed by atoms with Crippen LogP contribution in [0.4, 0.5) is 4.39 Å². The smallest absolute Gasteiger partial charge is 0.141 e. The van der Waals surface area contributed by atoms with E-state index in [2.05, 4.69) is 26.0 Å². The third kappa shape index (κ3) is 2.10. The molecule has 0 bridgehead atoms. The summed E-state index contributed by atoms with van der Waals surface area (Å²) in [7, 11) is 1.71. The van der Waals surface area contributed by atoms with Crippen molar-refractivity contribution in [1.29, 1.82) is 0 Å². The van der Waals surface area contributed by atoms with Crippen LogP contribution in [0, 0.1) is 5.82 Å². The molecule has 0 saturated heterocycles. The predicted octanol–water partition coefficient (Wildman–Crippen LogP) is 1.97. The molecule has 6 heteroatoms. The summed E-state index contributed by atoms with van der Waals surface area (Å²) < 4.78 is 15.3. The summed E-state index contributed by atoms with van der Waals surface area (Å²) in [4.78, 5) is 3.74. The van der Waals surface area contributed by atoms with E-state index in [0.717, 1.165) is 6.20 Å². The second-order valence-corrected chi connectivity index (χ2v) is 4.78. The van der Waals surface area contributed by atoms with Crippen LogP contribution in [0.5, 0.6) is 0 Å². The largest absolute Gasteiger partial charge is 0.379 e. The van der Waals surface area contributed by atoms with Gasteiger partial charge in [0, 0.05) is 18.8 Å². The lowest BCUT2D eigenvalue weighted by atomic mass is 9.94. The van der Waals surface area contributed by atoms with Gasteiger partial charge in [0.05, 0.1) is 22.6 Å². The number of hydrogen-bond donors (Lipinski definition) is 1. The number of hydrogen-bond acceptors (Lipinski definition) is 3. The van der Waals surface area contributed by atoms with E-state index in [0.29, 0.717) is 15.7 Å². The number of halogens is 2. The van der Waals surface area contributed by atoms with Crippen molar-refractivity contribution in [3.8, 4) is 0 Å². The van der Waals surface area contributed by atoms with Crippen molar-refractivity contribution >= 4 is 15.9 Å². The van der Waals surface area contributed by atoms with Crippen LogP contribution >= 0.6 is 15.9 Å². The molecule has 0 aromatic carbocycles. The third-order valence-electron chi connectivity index (χ3n) is 2.62. The van der Waals surface area contributed by atoms with E-state index >= 15 is 0 Å². The summed E-state index contributed by atoms with van der Waals surface area (Å²) in [5, 5.41) is 14.6. The van der Waals surface area contributed by atoms with Gasteiger partial charge in [-0.3, -0.25) is 9.67 Å². The molecule has 2 rings (SSSR count). The Balaban J connectivity index is 2.57. The fourth-order valence-corrected chi connectivity index (χ4v) is 2.51. The topological polar surface area (TPSA) is 50.9 Å². The number of aryl methyl sites for hydroxylation is 1. The summed E-state index contributed by atoms with van der Waals surface area (Å²) >= 11 is 3.31. The summed E-state index contributed by atoms with van der Waals surface area (Å²) in [6, 6.07) is 1.26. The van der Waals surface area contributed by atoms with E-state index in [1.165, 1.54) is 16.9 Å². The van der Waals surface area contributed by atoms with Gasteiger partial charge in [0.25, 0.3) is 0 Å². The first-order valence-electron chi connectivity index (χ1n) is 4.94. The molecule has 1 atom stereocenters. The molecular formula is C11H11BrFN3O. The van der Waals surface area contributed by atoms with E-state index in [9.17, 15) is 9.50 Å². The van der Waals surface area contributed by atoms with Crippen molar-refractivity contribution in [2.24, 2.45) is 7.05 Å². The van der Waals surface area contributed by atoms with Gasteiger partial charge in [-0.25, -0.2) is 4.39 Å². The summed E-state index contributed by atoms with van der Waals surface area (Å²) in [5.41, 5.74) is -0.439. The molecule has 2 aromatic heterocycles. The maximum absolute atomic E-state index is 13.1. The molecule has 17 heavy (non-hydrogen) atoms. The zero-order chi connectivity index (χ0) is 12.6. The van der Waals surface area contributed by atoms with Crippen molar-refractivity contribution in [3.63, 3.8) is 0 Å². The van der Waals surface area contributed by atoms with Gasteiger partial charge < -0.3 is 5.11 Å². The molecule has 0 aliphatic carbocycles. The lowest BCUT2D eigenvalue weighted by Crippen LogP contribution is -2.27. The first kappa shape index (κ1) is 12.2. The van der Waals surface area contributed by atoms with Crippen molar-refractivity contribution < 1.29 is 9.50 Å². The number of pyridine rings is 1. The maximum atomic E-state index is 13.1. The van der Waals surface area contributed by atoms with E-state index < -0.39 is 11.4 Å². The number of nitrogens with zero attached hydrogens (tertiary/aromatic N) is 3. The van der Waals surface area contributed by atoms with Crippen LogP contribution in [-0.2, 0) is 12.6 Å². The van der Waals surface area contributed by atoms with Crippen LogP contribution in [0.15, 0.2) is 29.1 Å². The predicted molar refractivity (Wildman–Crippen MR) is 63.8 cm³/mol. The van der Waals surface area contributed by atoms with E-state index in [-0.39, 0.29) is 0 Å². The standard InChI is InChI=1S/C11H11BrFN3O/c1-11(17,7-3-8(13)5-14-4-7)10-9(12)6-15-16(10)2/h3-6,17H,1-2H3. The van der Waals surface area contributed by atoms with Crippen molar-refractivity contribution in [2.75, 3.05) is 0 Å². The zero-order valence-electron chi connectivity index (χ0n) is 9.35. The summed E-state index contributed by atoms with van der Waals surface area (Å²) in [6.45, 7) is 1.57. The van der Waals surface area contributed by atoms with Gasteiger partial charge >= 0.3 is 0 Å². The SMILES string of the molecule is Cn1ncc(Br)c1C(C)(O)c1cncc(F)c1. The van der Waals surface area contributed by atoms with E-state index in [1.807, 2.05) is 0 Å². The molecule has 2 heterocycles. The molecule has 0 spiro atoms. The molecule has 90 valence electrons. The van der Waals surface area contributed by atoms with Crippen LogP contribution < -0.4 is 0 Å². The molecule has 1 N–H and O–H groups in total. The Hall–Kier alpha value is -1.27. The van der Waals surface area contributed by atoms with Gasteiger partial charge in [-0.15, -0.1) is 0 Å². The van der Waals surface area contributed by atoms with Crippen LogP contribution in [-0.4, -0.2) is 19.9 Å². The Morgan fingerprint density at radius 3 is 2.65 bits per heavy atom. The third-order valence-corrected chi connectivity index (χ3v) is 3.20. The molecule has 1 unspecified atom stereocenters. The molecule has 0 aliphatic rings. The van der Waals surface area contributed by atoms with Crippen molar-refractivity contribution in [3.05, 3.63) is 46.2 Å². The Labute approximate surface area is 106 Å². The highest BCUT2D eigenvalue weighted by molar-refractivity contribution is 9.10. The lowest BCUT2D eigenvalue weighted by Gasteiger charge is -2.24. The van der Waals surface area contributed by atoms with Crippen molar-refractivity contribution in [1.82, 2.24) is 14.8 Å². The molecule has 0 saturated carbocycles. The Morgan fingerprint density at radius 2 is 2.12 bits per heavy atom. The quantitative estimate of drug-likeness (QED) is 0.922. The second kappa shape index (κ2) is 4.19. The second-order valence-electron chi connectivity index (χ2n) is 3.93. The summed E-state index contributed by atoms with van der Waals surface area (Å²) in [6.07, 6.45) is 4.11. The zero-order valence-corrected chi connectivity index (χ0v) is 10.9. The highest BCUT2D eigenvalue weighted by Crippen LogP contribution is 2.33. The van der Waals surface area contributed by atoms with Gasteiger partial charge in [-0.2, -0.15) is 5.10 Å². The normalized spacial score (nSPS) is 14.6. The van der Waals surface area contributed by atoms with Gasteiger partial charge in [0.15, 0.2) is 0 Å². The molecule has 0 fully saturated rings. The average Bonchev–Trinajstić information content (AvgIpc) is 2.59. The van der Waals surface area contributed by atoms with Crippen LogP contribution in [0.25, 0.3) is 0 Å². The molecule has 0 amide bonds. The Bertz CT molecular complexity index is 534. The molecule has 0 aliphatic heterocycles. The lowest BCUT2D eigenvalue weighted by molar-refractivity contribution is 0.0913. The fraction of sp³-hybridized carbons (Fsp3) is 0.273. The minimum Gasteiger partial charge on any atom is -0.379 e. The van der Waals surface area contributed by atoms with Gasteiger partial charge in [-0.1, -0.05) is 0 Å². The highest BCUT2D eigenvalue weighted by atomic mass is 79.9. The molecule has 4 nitrogen and oxygen atoms in total. The van der Waals surface area contributed by atoms with Crippen molar-refractivity contribution in [2.45, 2.75) is 12.5 Å². The first-order valence-corrected chi connectivity index (χ1v) is 5.73. The minimum absolute atomic E-state index is 0.377. The fourth-order valence-electron chi connectivity index (χ4n) is 1.77. The average molecular weight is 300 g/mol. The van der Waals surface area contributed by atoms with Crippen LogP contribution in [0.1, 0.15) is 18.2 Å². The first-order chi connectivity index (χ1) is 7.93. The van der Waals surface area contributed by atoms with E-state index in [4.69, 9.17) is 0 Å². The summed E-state index contributed by atoms with van der Waals surface area (Å²) in [5.74, 6) is -0.485. The van der Waals surface area contributed by atoms with Gasteiger partial charge in [0.1, 0.15) is 11.4 Å². The van der Waals surface area contributed by atoms with Crippen LogP contribution in [0.3, 0.4) is 0 Å². The van der Waals surface area contributed by atoms with E-state index in [1.54, 1.807) is 20.2 Å². The molecule has 0 radical (unpaired) electrons. The molecular weight excluding hydrogens is 289 g/mol. The number of rotatable bonds is 2. The van der Waals surface area contributed by atoms with Gasteiger partial charge in [-0.05, 0) is 28.9 Å². The minimum atomic E-state index is -1.36. The Morgan fingerprint density at radius 1 is 1.41 bits per heavy atom. The number of aliphatic hydroxyl groups is 1. The van der Waals surface area contributed by atoms with Crippen LogP contribution in [0.2, 0.25) is 0 Å². The van der Waals surface area contributed by atoms with Gasteiger partial charge in [0.2, 0.25) is 0 Å². The highest BCUT2D eigenvalue weighted by Gasteiger charge is 2.32.